The van der Waals surface area contributed by atoms with Crippen LogP contribution >= 0.6 is 0 Å². The number of piperidine rings is 1. The van der Waals surface area contributed by atoms with Gasteiger partial charge in [0, 0.05) is 19.6 Å². The van der Waals surface area contributed by atoms with E-state index in [1.165, 1.54) is 12.8 Å². The van der Waals surface area contributed by atoms with Gasteiger partial charge in [-0.3, -0.25) is 9.59 Å². The Kier molecular flexibility index (Phi) is 6.49. The lowest BCUT2D eigenvalue weighted by Gasteiger charge is -2.33. The van der Waals surface area contributed by atoms with E-state index in [9.17, 15) is 9.59 Å². The molecule has 2 aliphatic heterocycles. The zero-order chi connectivity index (χ0) is 16.8. The van der Waals surface area contributed by atoms with Crippen LogP contribution in [0.2, 0.25) is 0 Å². The van der Waals surface area contributed by atoms with Crippen molar-refractivity contribution in [2.24, 2.45) is 5.92 Å². The third-order valence-electron chi connectivity index (χ3n) is 5.56. The Morgan fingerprint density at radius 3 is 2.67 bits per heavy atom. The van der Waals surface area contributed by atoms with Gasteiger partial charge in [-0.05, 0) is 51.0 Å². The topological polar surface area (TPSA) is 70.7 Å². The van der Waals surface area contributed by atoms with E-state index in [2.05, 4.69) is 10.6 Å². The number of amides is 2. The van der Waals surface area contributed by atoms with Gasteiger partial charge in [0.1, 0.15) is 6.61 Å². The van der Waals surface area contributed by atoms with Gasteiger partial charge in [0.2, 0.25) is 11.8 Å². The average molecular weight is 337 g/mol. The maximum absolute atomic E-state index is 12.4. The molecule has 2 unspecified atom stereocenters. The molecular weight excluding hydrogens is 306 g/mol. The van der Waals surface area contributed by atoms with Gasteiger partial charge in [-0.1, -0.05) is 12.8 Å². The quantitative estimate of drug-likeness (QED) is 0.760. The molecule has 6 heteroatoms. The fourth-order valence-electron chi connectivity index (χ4n) is 4.07. The summed E-state index contributed by atoms with van der Waals surface area (Å²) in [6, 6.07) is -0.0221. The summed E-state index contributed by atoms with van der Waals surface area (Å²) in [5.41, 5.74) is 0. The Balaban J connectivity index is 1.36. The van der Waals surface area contributed by atoms with Gasteiger partial charge >= 0.3 is 0 Å². The molecule has 2 amide bonds. The number of hydrogen-bond acceptors (Lipinski definition) is 4. The normalized spacial score (nSPS) is 28.2. The van der Waals surface area contributed by atoms with Crippen LogP contribution < -0.4 is 10.6 Å². The van der Waals surface area contributed by atoms with E-state index < -0.39 is 0 Å². The molecule has 6 nitrogen and oxygen atoms in total. The van der Waals surface area contributed by atoms with Gasteiger partial charge in [0.15, 0.2) is 0 Å². The van der Waals surface area contributed by atoms with E-state index in [1.807, 2.05) is 4.90 Å². The Morgan fingerprint density at radius 2 is 1.92 bits per heavy atom. The number of rotatable bonds is 6. The summed E-state index contributed by atoms with van der Waals surface area (Å²) in [6.45, 7) is 3.39. The minimum atomic E-state index is -0.0221. The van der Waals surface area contributed by atoms with Gasteiger partial charge in [0.25, 0.3) is 0 Å². The van der Waals surface area contributed by atoms with Crippen molar-refractivity contribution in [1.82, 2.24) is 15.5 Å². The van der Waals surface area contributed by atoms with Crippen LogP contribution in [0.15, 0.2) is 0 Å². The first-order chi connectivity index (χ1) is 11.7. The number of hydrogen-bond donors (Lipinski definition) is 2. The van der Waals surface area contributed by atoms with Crippen molar-refractivity contribution in [3.63, 3.8) is 0 Å². The number of carbonyl (C=O) groups is 2. The molecule has 0 radical (unpaired) electrons. The molecule has 2 heterocycles. The smallest absolute Gasteiger partial charge is 0.248 e. The first kappa shape index (κ1) is 17.7. The molecule has 1 saturated carbocycles. The van der Waals surface area contributed by atoms with Crippen LogP contribution in [0, 0.1) is 5.92 Å². The van der Waals surface area contributed by atoms with Gasteiger partial charge in [-0.2, -0.15) is 0 Å². The third-order valence-corrected chi connectivity index (χ3v) is 5.56. The molecule has 0 bridgehead atoms. The van der Waals surface area contributed by atoms with E-state index in [1.54, 1.807) is 0 Å². The summed E-state index contributed by atoms with van der Waals surface area (Å²) in [7, 11) is 0. The number of ether oxygens (including phenoxy) is 1. The zero-order valence-corrected chi connectivity index (χ0v) is 14.6. The highest BCUT2D eigenvalue weighted by atomic mass is 16.5. The molecule has 3 rings (SSSR count). The Morgan fingerprint density at radius 1 is 1.08 bits per heavy atom. The van der Waals surface area contributed by atoms with E-state index in [0.29, 0.717) is 12.5 Å². The predicted molar refractivity (Wildman–Crippen MR) is 91.5 cm³/mol. The summed E-state index contributed by atoms with van der Waals surface area (Å²) in [4.78, 5) is 26.3. The number of nitrogens with zero attached hydrogens (tertiary/aromatic N) is 1. The SMILES string of the molecule is O=C(NCC1CCCN(C(=O)COC2CCCC2)C1)C1CCCN1. The van der Waals surface area contributed by atoms with Gasteiger partial charge in [-0.15, -0.1) is 0 Å². The molecule has 0 aromatic heterocycles. The summed E-state index contributed by atoms with van der Waals surface area (Å²) in [5, 5.41) is 6.28. The zero-order valence-electron chi connectivity index (χ0n) is 14.6. The van der Waals surface area contributed by atoms with Crippen LogP contribution in [0.1, 0.15) is 51.4 Å². The molecule has 3 aliphatic rings. The highest BCUT2D eigenvalue weighted by molar-refractivity contribution is 5.82. The van der Waals surface area contributed by atoms with Crippen molar-refractivity contribution in [3.05, 3.63) is 0 Å². The van der Waals surface area contributed by atoms with Crippen LogP contribution in [0.5, 0.6) is 0 Å². The first-order valence-corrected chi connectivity index (χ1v) is 9.63. The van der Waals surface area contributed by atoms with Crippen LogP contribution in [0.25, 0.3) is 0 Å². The fourth-order valence-corrected chi connectivity index (χ4v) is 4.07. The molecule has 24 heavy (non-hydrogen) atoms. The van der Waals surface area contributed by atoms with Crippen molar-refractivity contribution in [1.29, 1.82) is 0 Å². The number of likely N-dealkylation sites (tertiary alicyclic amines) is 1. The lowest BCUT2D eigenvalue weighted by atomic mass is 9.97. The van der Waals surface area contributed by atoms with Crippen molar-refractivity contribution in [3.8, 4) is 0 Å². The molecule has 3 fully saturated rings. The molecule has 2 saturated heterocycles. The van der Waals surface area contributed by atoms with Gasteiger partial charge < -0.3 is 20.3 Å². The number of carbonyl (C=O) groups excluding carboxylic acids is 2. The molecule has 0 spiro atoms. The van der Waals surface area contributed by atoms with Crippen LogP contribution in [0.4, 0.5) is 0 Å². The van der Waals surface area contributed by atoms with E-state index >= 15 is 0 Å². The maximum Gasteiger partial charge on any atom is 0.248 e. The summed E-state index contributed by atoms with van der Waals surface area (Å²) >= 11 is 0. The molecule has 0 aromatic carbocycles. The molecule has 1 aliphatic carbocycles. The van der Waals surface area contributed by atoms with Crippen molar-refractivity contribution in [2.45, 2.75) is 63.5 Å². The van der Waals surface area contributed by atoms with Gasteiger partial charge in [0.05, 0.1) is 12.1 Å². The second-order valence-corrected chi connectivity index (χ2v) is 7.46. The minimum absolute atomic E-state index is 0.0221. The fraction of sp³-hybridized carbons (Fsp3) is 0.889. The molecule has 2 N–H and O–H groups in total. The van der Waals surface area contributed by atoms with Crippen LogP contribution in [0.3, 0.4) is 0 Å². The summed E-state index contributed by atoms with van der Waals surface area (Å²) in [6.07, 6.45) is 9.01. The number of nitrogens with one attached hydrogen (secondary N) is 2. The third kappa shape index (κ3) is 4.93. The standard InChI is InChI=1S/C18H31N3O3/c22-17(13-24-15-6-1-2-7-15)21-10-4-5-14(12-21)11-20-18(23)16-8-3-9-19-16/h14-16,19H,1-13H2,(H,20,23). The largest absolute Gasteiger partial charge is 0.368 e. The second-order valence-electron chi connectivity index (χ2n) is 7.46. The lowest BCUT2D eigenvalue weighted by molar-refractivity contribution is -0.139. The van der Waals surface area contributed by atoms with Crippen LogP contribution in [-0.4, -0.2) is 61.6 Å². The van der Waals surface area contributed by atoms with Crippen molar-refractivity contribution < 1.29 is 14.3 Å². The highest BCUT2D eigenvalue weighted by Gasteiger charge is 2.27. The molecule has 2 atom stereocenters. The second kappa shape index (κ2) is 8.81. The molecule has 0 aromatic rings. The first-order valence-electron chi connectivity index (χ1n) is 9.63. The Bertz CT molecular complexity index is 431. The Hall–Kier alpha value is -1.14. The summed E-state index contributed by atoms with van der Waals surface area (Å²) < 4.78 is 5.75. The monoisotopic (exact) mass is 337 g/mol. The van der Waals surface area contributed by atoms with E-state index in [4.69, 9.17) is 4.74 Å². The molecule has 136 valence electrons. The van der Waals surface area contributed by atoms with E-state index in [-0.39, 0.29) is 30.6 Å². The predicted octanol–water partition coefficient (Wildman–Crippen LogP) is 1.05. The van der Waals surface area contributed by atoms with Gasteiger partial charge in [-0.25, -0.2) is 0 Å². The summed E-state index contributed by atoms with van der Waals surface area (Å²) in [5.74, 6) is 0.579. The van der Waals surface area contributed by atoms with Crippen molar-refractivity contribution in [2.75, 3.05) is 32.8 Å². The Labute approximate surface area is 144 Å². The molecular formula is C18H31N3O3. The highest BCUT2D eigenvalue weighted by Crippen LogP contribution is 2.21. The maximum atomic E-state index is 12.4. The average Bonchev–Trinajstić information content (AvgIpc) is 3.31. The van der Waals surface area contributed by atoms with Crippen LogP contribution in [-0.2, 0) is 14.3 Å². The lowest BCUT2D eigenvalue weighted by Crippen LogP contribution is -2.47. The minimum Gasteiger partial charge on any atom is -0.368 e. The van der Waals surface area contributed by atoms with Crippen molar-refractivity contribution >= 4 is 11.8 Å². The van der Waals surface area contributed by atoms with E-state index in [0.717, 1.165) is 58.2 Å².